The number of aromatic nitrogens is 2. The number of para-hydroxylation sites is 2. The number of hydrogen-bond donors (Lipinski definition) is 2. The van der Waals surface area contributed by atoms with E-state index in [1.807, 2.05) is 68.7 Å². The number of nitrogens with zero attached hydrogens (tertiary/aromatic N) is 3. The van der Waals surface area contributed by atoms with Crippen LogP contribution < -0.4 is 14.8 Å². The number of imidazole rings is 1. The molecule has 2 bridgehead atoms. The highest BCUT2D eigenvalue weighted by Gasteiger charge is 2.63. The quantitative estimate of drug-likeness (QED) is 0.390. The third-order valence-electron chi connectivity index (χ3n) is 11.3. The second kappa shape index (κ2) is 14.0. The molecule has 2 saturated carbocycles. The van der Waals surface area contributed by atoms with Gasteiger partial charge >= 0.3 is 6.09 Å². The van der Waals surface area contributed by atoms with Crippen LogP contribution in [-0.4, -0.2) is 81.6 Å². The van der Waals surface area contributed by atoms with E-state index in [0.29, 0.717) is 57.5 Å². The summed E-state index contributed by atoms with van der Waals surface area (Å²) in [5.74, 6) is -1.65. The first kappa shape index (κ1) is 38.8. The van der Waals surface area contributed by atoms with Gasteiger partial charge in [-0.25, -0.2) is 13.2 Å². The maximum atomic E-state index is 14.6. The van der Waals surface area contributed by atoms with Crippen LogP contribution in [0, 0.1) is 16.7 Å². The Balaban J connectivity index is 1.37. The smallest absolute Gasteiger partial charge is 0.408 e. The predicted octanol–water partition coefficient (Wildman–Crippen LogP) is 5.42. The van der Waals surface area contributed by atoms with Crippen molar-refractivity contribution >= 4 is 44.7 Å². The Morgan fingerprint density at radius 3 is 2.45 bits per heavy atom. The Morgan fingerprint density at radius 2 is 1.81 bits per heavy atom. The van der Waals surface area contributed by atoms with Crippen LogP contribution in [-0.2, 0) is 35.7 Å². The number of sulfonamides is 1. The Kier molecular flexibility index (Phi) is 10.3. The van der Waals surface area contributed by atoms with Crippen LogP contribution in [0.4, 0.5) is 4.79 Å². The summed E-state index contributed by atoms with van der Waals surface area (Å²) in [5, 5.41) is 2.76. The number of carbonyl (C=O) groups excluding carboxylic acids is 4. The maximum Gasteiger partial charge on any atom is 0.408 e. The van der Waals surface area contributed by atoms with Crippen molar-refractivity contribution in [1.29, 1.82) is 0 Å². The van der Waals surface area contributed by atoms with E-state index in [2.05, 4.69) is 10.0 Å². The summed E-state index contributed by atoms with van der Waals surface area (Å²) in [7, 11) is -3.99. The van der Waals surface area contributed by atoms with Crippen molar-refractivity contribution in [3.8, 4) is 6.01 Å². The van der Waals surface area contributed by atoms with E-state index in [-0.39, 0.29) is 31.1 Å². The molecule has 2 aliphatic heterocycles. The number of carbonyl (C=O) groups is 4. The van der Waals surface area contributed by atoms with Crippen molar-refractivity contribution in [2.24, 2.45) is 16.7 Å². The minimum atomic E-state index is -3.99. The molecule has 1 saturated heterocycles. The molecule has 14 heteroatoms. The molecular formula is C39H55N5O8S. The summed E-state index contributed by atoms with van der Waals surface area (Å²) in [6.45, 7) is 13.1. The van der Waals surface area contributed by atoms with Gasteiger partial charge in [0.2, 0.25) is 21.8 Å². The Hall–Kier alpha value is -3.94. The van der Waals surface area contributed by atoms with Crippen molar-refractivity contribution in [3.05, 3.63) is 36.4 Å². The minimum absolute atomic E-state index is 0.0319. The first-order valence-electron chi connectivity index (χ1n) is 19.0. The first-order chi connectivity index (χ1) is 24.8. The number of fused-ring (bicyclic) bond motifs is 5. The van der Waals surface area contributed by atoms with Gasteiger partial charge in [-0.3, -0.25) is 23.7 Å². The third kappa shape index (κ3) is 7.98. The molecule has 290 valence electrons. The highest BCUT2D eigenvalue weighted by molar-refractivity contribution is 7.91. The fraction of sp³-hybridized carbons (Fsp3) is 0.667. The molecule has 2 N–H and O–H groups in total. The van der Waals surface area contributed by atoms with E-state index in [0.717, 1.165) is 11.0 Å². The monoisotopic (exact) mass is 753 g/mol. The van der Waals surface area contributed by atoms with Crippen molar-refractivity contribution in [3.63, 3.8) is 0 Å². The van der Waals surface area contributed by atoms with Gasteiger partial charge in [-0.05, 0) is 82.8 Å². The Morgan fingerprint density at radius 1 is 1.09 bits per heavy atom. The summed E-state index contributed by atoms with van der Waals surface area (Å²) >= 11 is 0. The SMILES string of the molecule is CC[C@@H]1C[C@@]12CC(=O)[C@@H]1CC(CN1C(=O)[C@@H](NC(=O)OC(C)(C)C)C(C)(C)C)Oc1nc3ccccc3n1C/C=C\CCCC1(CC1)S(=O)(=O)NC2=O. The summed E-state index contributed by atoms with van der Waals surface area (Å²) in [5.41, 5.74) is -1.18. The van der Waals surface area contributed by atoms with E-state index in [4.69, 9.17) is 14.5 Å². The molecule has 2 spiro atoms. The van der Waals surface area contributed by atoms with Crippen molar-refractivity contribution in [2.75, 3.05) is 6.54 Å². The molecule has 1 unspecified atom stereocenters. The van der Waals surface area contributed by atoms with Crippen LogP contribution in [0.3, 0.4) is 0 Å². The molecule has 13 nitrogen and oxygen atoms in total. The molecule has 6 rings (SSSR count). The lowest BCUT2D eigenvalue weighted by Crippen LogP contribution is -2.57. The number of ether oxygens (including phenoxy) is 2. The standard InChI is InChI=1S/C39H55N5O8S/c1-8-25-22-39(25)23-30(45)29-21-26(24-44(29)32(46)31(36(2,3)4)41-35(48)52-37(5,6)7)51-34-40-27-15-11-12-16-28(27)43(34)20-14-10-9-13-17-38(18-19-38)53(49,50)42-33(39)47/h10-12,14-16,25-26,29,31H,8-9,13,17-24H2,1-7H3,(H,41,48)(H,42,47)/b14-10-/t25-,26?,29+,31-,39-/m1/s1. The number of Topliss-reactive ketones (excluding diaryl/α,β-unsaturated/α-hetero) is 1. The zero-order valence-corrected chi connectivity index (χ0v) is 32.9. The van der Waals surface area contributed by atoms with Crippen molar-refractivity contribution in [2.45, 2.75) is 141 Å². The molecule has 1 aromatic carbocycles. The number of amides is 3. The second-order valence-electron chi connectivity index (χ2n) is 17.5. The number of likely N-dealkylation sites (tertiary alicyclic amines) is 1. The highest BCUT2D eigenvalue weighted by atomic mass is 32.2. The number of rotatable bonds is 3. The van der Waals surface area contributed by atoms with Gasteiger partial charge in [-0.15, -0.1) is 0 Å². The molecule has 0 radical (unpaired) electrons. The Labute approximate surface area is 312 Å². The molecule has 1 aromatic heterocycles. The number of allylic oxidation sites excluding steroid dienone is 2. The Bertz CT molecular complexity index is 1900. The lowest BCUT2D eigenvalue weighted by Gasteiger charge is -2.36. The molecule has 53 heavy (non-hydrogen) atoms. The minimum Gasteiger partial charge on any atom is -0.459 e. The zero-order valence-electron chi connectivity index (χ0n) is 32.1. The van der Waals surface area contributed by atoms with E-state index >= 15 is 0 Å². The zero-order chi connectivity index (χ0) is 38.6. The third-order valence-corrected chi connectivity index (χ3v) is 13.5. The molecule has 3 fully saturated rings. The predicted molar refractivity (Wildman–Crippen MR) is 199 cm³/mol. The largest absolute Gasteiger partial charge is 0.459 e. The number of hydrogen-bond acceptors (Lipinski definition) is 9. The first-order valence-corrected chi connectivity index (χ1v) is 20.4. The number of nitrogens with one attached hydrogen (secondary N) is 2. The average molecular weight is 754 g/mol. The number of benzene rings is 1. The summed E-state index contributed by atoms with van der Waals surface area (Å²) in [6.07, 6.45) is 6.21. The molecule has 3 heterocycles. The number of ketones is 1. The molecule has 5 atom stereocenters. The number of alkyl carbamates (subject to hydrolysis) is 1. The molecular weight excluding hydrogens is 699 g/mol. The van der Waals surface area contributed by atoms with Gasteiger partial charge < -0.3 is 19.7 Å². The van der Waals surface area contributed by atoms with Gasteiger partial charge in [0.25, 0.3) is 6.01 Å². The summed E-state index contributed by atoms with van der Waals surface area (Å²) < 4.78 is 42.9. The molecule has 2 aliphatic carbocycles. The normalized spacial score (nSPS) is 28.5. The van der Waals surface area contributed by atoms with Gasteiger partial charge in [0.1, 0.15) is 17.7 Å². The van der Waals surface area contributed by atoms with E-state index in [9.17, 15) is 27.6 Å². The fourth-order valence-corrected chi connectivity index (χ4v) is 9.74. The topological polar surface area (TPSA) is 166 Å². The van der Waals surface area contributed by atoms with Gasteiger partial charge in [0.05, 0.1) is 33.8 Å². The fourth-order valence-electron chi connectivity index (χ4n) is 8.02. The van der Waals surface area contributed by atoms with Gasteiger partial charge in [0.15, 0.2) is 5.78 Å². The van der Waals surface area contributed by atoms with Crippen LogP contribution in [0.25, 0.3) is 11.0 Å². The van der Waals surface area contributed by atoms with Gasteiger partial charge in [-0.2, -0.15) is 4.98 Å². The van der Waals surface area contributed by atoms with E-state index < -0.39 is 67.3 Å². The van der Waals surface area contributed by atoms with Crippen LogP contribution >= 0.6 is 0 Å². The second-order valence-corrected chi connectivity index (χ2v) is 19.6. The van der Waals surface area contributed by atoms with Crippen LogP contribution in [0.15, 0.2) is 36.4 Å². The van der Waals surface area contributed by atoms with Gasteiger partial charge in [-0.1, -0.05) is 58.4 Å². The summed E-state index contributed by atoms with van der Waals surface area (Å²) in [6, 6.07) is 5.97. The maximum absolute atomic E-state index is 14.6. The highest BCUT2D eigenvalue weighted by Crippen LogP contribution is 2.58. The molecule has 3 amide bonds. The van der Waals surface area contributed by atoms with Crippen LogP contribution in [0.2, 0.25) is 0 Å². The van der Waals surface area contributed by atoms with Crippen LogP contribution in [0.5, 0.6) is 6.01 Å². The molecule has 2 aromatic rings. The molecule has 4 aliphatic rings. The van der Waals surface area contributed by atoms with Crippen molar-refractivity contribution in [1.82, 2.24) is 24.5 Å². The van der Waals surface area contributed by atoms with Gasteiger partial charge in [0, 0.05) is 19.4 Å². The average Bonchev–Trinajstić information content (AvgIpc) is 3.93. The van der Waals surface area contributed by atoms with E-state index in [1.54, 1.807) is 20.8 Å². The van der Waals surface area contributed by atoms with E-state index in [1.165, 1.54) is 4.90 Å². The lowest BCUT2D eigenvalue weighted by molar-refractivity contribution is -0.142. The summed E-state index contributed by atoms with van der Waals surface area (Å²) in [4.78, 5) is 62.4. The lowest BCUT2D eigenvalue weighted by atomic mass is 9.85. The van der Waals surface area contributed by atoms with Crippen LogP contribution in [0.1, 0.15) is 106 Å². The van der Waals surface area contributed by atoms with Crippen molar-refractivity contribution < 1.29 is 37.1 Å².